The maximum absolute atomic E-state index is 12.8. The number of hydrogen-bond acceptors (Lipinski definition) is 3. The summed E-state index contributed by atoms with van der Waals surface area (Å²) in [5.41, 5.74) is 1.84. The van der Waals surface area contributed by atoms with E-state index in [1.807, 2.05) is 23.9 Å². The summed E-state index contributed by atoms with van der Waals surface area (Å²) in [5, 5.41) is 0. The first-order valence-electron chi connectivity index (χ1n) is 7.58. The summed E-state index contributed by atoms with van der Waals surface area (Å²) in [5.74, 6) is 2.55. The van der Waals surface area contributed by atoms with Gasteiger partial charge in [0.2, 0.25) is 0 Å². The lowest BCUT2D eigenvalue weighted by molar-refractivity contribution is -0.119. The molecular weight excluding hydrogens is 280 g/mol. The van der Waals surface area contributed by atoms with E-state index in [9.17, 15) is 4.79 Å². The van der Waals surface area contributed by atoms with E-state index in [0.29, 0.717) is 12.3 Å². The van der Waals surface area contributed by atoms with Crippen LogP contribution in [-0.2, 0) is 4.79 Å². The van der Waals surface area contributed by atoms with Gasteiger partial charge in [-0.05, 0) is 29.7 Å². The van der Waals surface area contributed by atoms with Crippen molar-refractivity contribution in [2.75, 3.05) is 5.75 Å². The molecule has 4 rings (SSSR count). The Morgan fingerprint density at radius 3 is 2.76 bits per heavy atom. The molecule has 2 heterocycles. The quantitative estimate of drug-likeness (QED) is 0.714. The number of Topliss-reactive ketones (excluding diaryl/α,β-unsaturated/α-hetero) is 1. The van der Waals surface area contributed by atoms with Crippen LogP contribution >= 0.6 is 11.8 Å². The van der Waals surface area contributed by atoms with Crippen molar-refractivity contribution in [1.29, 1.82) is 0 Å². The number of carbonyl (C=O) groups is 1. The average Bonchev–Trinajstić information content (AvgIpc) is 2.67. The van der Waals surface area contributed by atoms with Crippen molar-refractivity contribution in [2.24, 2.45) is 5.41 Å². The van der Waals surface area contributed by atoms with Crippen molar-refractivity contribution >= 4 is 17.5 Å². The molecule has 0 saturated heterocycles. The van der Waals surface area contributed by atoms with Crippen LogP contribution in [0, 0.1) is 5.41 Å². The summed E-state index contributed by atoms with van der Waals surface area (Å²) in [6.45, 7) is 6.49. The number of fused-ring (bicyclic) bond motifs is 4. The van der Waals surface area contributed by atoms with Crippen molar-refractivity contribution in [3.8, 4) is 5.75 Å². The zero-order valence-corrected chi connectivity index (χ0v) is 13.5. The topological polar surface area (TPSA) is 26.3 Å². The highest BCUT2D eigenvalue weighted by Gasteiger charge is 2.54. The second kappa shape index (κ2) is 4.16. The Kier molecular flexibility index (Phi) is 2.66. The number of carbonyl (C=O) groups excluding carboxylic acids is 1. The second-order valence-electron chi connectivity index (χ2n) is 7.35. The molecule has 1 aromatic rings. The predicted octanol–water partition coefficient (Wildman–Crippen LogP) is 4.31. The highest BCUT2D eigenvalue weighted by atomic mass is 32.2. The van der Waals surface area contributed by atoms with Crippen molar-refractivity contribution in [3.63, 3.8) is 0 Å². The molecule has 0 unspecified atom stereocenters. The largest absolute Gasteiger partial charge is 0.482 e. The molecule has 0 radical (unpaired) electrons. The SMILES string of the molecule is CC1(C)CC(=O)C2=C(C1)SC[C@@H]1c3ccccc3O[C@]21C. The molecule has 0 aromatic heterocycles. The molecule has 2 nitrogen and oxygen atoms in total. The number of hydrogen-bond donors (Lipinski definition) is 0. The number of allylic oxidation sites excluding steroid dienone is 1. The minimum atomic E-state index is -0.460. The Balaban J connectivity index is 1.85. The zero-order valence-electron chi connectivity index (χ0n) is 12.7. The van der Waals surface area contributed by atoms with E-state index in [0.717, 1.165) is 23.5 Å². The second-order valence-corrected chi connectivity index (χ2v) is 8.46. The van der Waals surface area contributed by atoms with E-state index < -0.39 is 5.60 Å². The third-order valence-corrected chi connectivity index (χ3v) is 6.23. The molecule has 1 aromatic carbocycles. The third-order valence-electron chi connectivity index (χ3n) is 5.04. The van der Waals surface area contributed by atoms with Crippen LogP contribution in [0.2, 0.25) is 0 Å². The Morgan fingerprint density at radius 1 is 1.19 bits per heavy atom. The van der Waals surface area contributed by atoms with Crippen molar-refractivity contribution in [3.05, 3.63) is 40.3 Å². The molecular formula is C18H20O2S. The van der Waals surface area contributed by atoms with E-state index >= 15 is 0 Å². The molecule has 0 fully saturated rings. The average molecular weight is 300 g/mol. The van der Waals surface area contributed by atoms with Gasteiger partial charge in [0, 0.05) is 29.2 Å². The van der Waals surface area contributed by atoms with E-state index in [4.69, 9.17) is 4.74 Å². The molecule has 2 aliphatic heterocycles. The highest BCUT2D eigenvalue weighted by molar-refractivity contribution is 8.03. The Hall–Kier alpha value is -1.22. The van der Waals surface area contributed by atoms with Gasteiger partial charge in [0.25, 0.3) is 0 Å². The molecule has 0 bridgehead atoms. The highest BCUT2D eigenvalue weighted by Crippen LogP contribution is 2.58. The van der Waals surface area contributed by atoms with Crippen LogP contribution in [0.5, 0.6) is 5.75 Å². The van der Waals surface area contributed by atoms with Crippen LogP contribution in [0.4, 0.5) is 0 Å². The standard InChI is InChI=1S/C18H20O2S/c1-17(2)8-13(19)16-15(9-17)21-10-12-11-6-4-5-7-14(11)20-18(12,16)3/h4-7,12H,8-10H2,1-3H3/t12-,18+/m1/s1. The molecule has 0 saturated carbocycles. The summed E-state index contributed by atoms with van der Waals surface area (Å²) >= 11 is 1.87. The van der Waals surface area contributed by atoms with Gasteiger partial charge in [-0.15, -0.1) is 11.8 Å². The zero-order chi connectivity index (χ0) is 14.8. The monoisotopic (exact) mass is 300 g/mol. The Labute approximate surface area is 130 Å². The number of para-hydroxylation sites is 1. The van der Waals surface area contributed by atoms with Gasteiger partial charge in [-0.2, -0.15) is 0 Å². The third kappa shape index (κ3) is 1.83. The van der Waals surface area contributed by atoms with Gasteiger partial charge >= 0.3 is 0 Å². The van der Waals surface area contributed by atoms with Gasteiger partial charge < -0.3 is 4.74 Å². The minimum absolute atomic E-state index is 0.0809. The normalized spacial score (nSPS) is 33.1. The summed E-state index contributed by atoms with van der Waals surface area (Å²) in [6.07, 6.45) is 1.63. The summed E-state index contributed by atoms with van der Waals surface area (Å²) in [4.78, 5) is 14.1. The first kappa shape index (κ1) is 13.4. The molecule has 3 aliphatic rings. The first-order valence-corrected chi connectivity index (χ1v) is 8.57. The van der Waals surface area contributed by atoms with Gasteiger partial charge in [-0.1, -0.05) is 32.0 Å². The maximum Gasteiger partial charge on any atom is 0.164 e. The van der Waals surface area contributed by atoms with Crippen LogP contribution in [0.15, 0.2) is 34.7 Å². The van der Waals surface area contributed by atoms with Crippen LogP contribution < -0.4 is 4.74 Å². The molecule has 0 spiro atoms. The molecule has 2 atom stereocenters. The summed E-state index contributed by atoms with van der Waals surface area (Å²) in [6, 6.07) is 8.25. The number of rotatable bonds is 0. The fourth-order valence-electron chi connectivity index (χ4n) is 4.06. The van der Waals surface area contributed by atoms with Gasteiger partial charge in [0.1, 0.15) is 11.4 Å². The van der Waals surface area contributed by atoms with Gasteiger partial charge in [-0.3, -0.25) is 4.79 Å². The fourth-order valence-corrected chi connectivity index (χ4v) is 5.88. The molecule has 3 heteroatoms. The number of benzene rings is 1. The molecule has 1 aliphatic carbocycles. The van der Waals surface area contributed by atoms with E-state index in [2.05, 4.69) is 32.9 Å². The molecule has 110 valence electrons. The van der Waals surface area contributed by atoms with Crippen LogP contribution in [0.25, 0.3) is 0 Å². The minimum Gasteiger partial charge on any atom is -0.482 e. The Bertz CT molecular complexity index is 674. The predicted molar refractivity (Wildman–Crippen MR) is 85.7 cm³/mol. The van der Waals surface area contributed by atoms with E-state index in [1.165, 1.54) is 10.5 Å². The smallest absolute Gasteiger partial charge is 0.164 e. The van der Waals surface area contributed by atoms with Crippen LogP contribution in [-0.4, -0.2) is 17.1 Å². The lowest BCUT2D eigenvalue weighted by Gasteiger charge is -2.43. The molecule has 21 heavy (non-hydrogen) atoms. The van der Waals surface area contributed by atoms with Crippen molar-refractivity contribution in [2.45, 2.75) is 45.1 Å². The summed E-state index contributed by atoms with van der Waals surface area (Å²) < 4.78 is 6.31. The lowest BCUT2D eigenvalue weighted by atomic mass is 9.70. The van der Waals surface area contributed by atoms with Crippen LogP contribution in [0.1, 0.15) is 45.1 Å². The first-order chi connectivity index (χ1) is 9.91. The molecule has 0 amide bonds. The summed E-state index contributed by atoms with van der Waals surface area (Å²) in [7, 11) is 0. The van der Waals surface area contributed by atoms with Gasteiger partial charge in [0.15, 0.2) is 5.78 Å². The molecule has 0 N–H and O–H groups in total. The van der Waals surface area contributed by atoms with Crippen molar-refractivity contribution in [1.82, 2.24) is 0 Å². The van der Waals surface area contributed by atoms with E-state index in [-0.39, 0.29) is 11.2 Å². The Morgan fingerprint density at radius 2 is 1.95 bits per heavy atom. The van der Waals surface area contributed by atoms with Gasteiger partial charge in [-0.25, -0.2) is 0 Å². The number of ether oxygens (including phenoxy) is 1. The number of thioether (sulfide) groups is 1. The van der Waals surface area contributed by atoms with Crippen molar-refractivity contribution < 1.29 is 9.53 Å². The number of ketones is 1. The maximum atomic E-state index is 12.8. The van der Waals surface area contributed by atoms with E-state index in [1.54, 1.807) is 0 Å². The lowest BCUT2D eigenvalue weighted by Crippen LogP contribution is -2.46. The van der Waals surface area contributed by atoms with Gasteiger partial charge in [0.05, 0.1) is 0 Å². The fraction of sp³-hybridized carbons (Fsp3) is 0.500. The van der Waals surface area contributed by atoms with Crippen LogP contribution in [0.3, 0.4) is 0 Å².